The van der Waals surface area contributed by atoms with Crippen molar-refractivity contribution < 1.29 is 14.1 Å². The molecule has 0 radical (unpaired) electrons. The van der Waals surface area contributed by atoms with E-state index in [1.54, 1.807) is 0 Å². The van der Waals surface area contributed by atoms with Gasteiger partial charge in [0, 0.05) is 12.7 Å². The van der Waals surface area contributed by atoms with Crippen molar-refractivity contribution in [3.8, 4) is 0 Å². The molecule has 0 saturated carbocycles. The first-order valence-electron chi connectivity index (χ1n) is 6.75. The van der Waals surface area contributed by atoms with E-state index in [1.165, 1.54) is 25.3 Å². The number of nitrogen functional groups attached to an aromatic ring is 1. The molecule has 1 aromatic rings. The van der Waals surface area contributed by atoms with Crippen molar-refractivity contribution in [2.24, 2.45) is 11.8 Å². The second-order valence-corrected chi connectivity index (χ2v) is 4.58. The zero-order valence-electron chi connectivity index (χ0n) is 11.6. The molecule has 0 aliphatic carbocycles. The summed E-state index contributed by atoms with van der Waals surface area (Å²) in [5.74, 6) is 5.65. The lowest BCUT2D eigenvalue weighted by Gasteiger charge is -2.13. The summed E-state index contributed by atoms with van der Waals surface area (Å²) in [5, 5.41) is 3.61. The minimum atomic E-state index is -0.468. The fourth-order valence-corrected chi connectivity index (χ4v) is 1.79. The average molecular weight is 269 g/mol. The van der Waals surface area contributed by atoms with E-state index in [4.69, 9.17) is 15.1 Å². The number of nitrogens with one attached hydrogen (secondary N) is 1. The fraction of sp³-hybridized carbons (Fsp3) is 0.692. The summed E-state index contributed by atoms with van der Waals surface area (Å²) in [6.07, 6.45) is 4.72. The number of nitrogens with two attached hydrogens (primary N) is 1. The van der Waals surface area contributed by atoms with Gasteiger partial charge in [-0.15, -0.1) is 0 Å². The molecule has 108 valence electrons. The second kappa shape index (κ2) is 8.66. The summed E-state index contributed by atoms with van der Waals surface area (Å²) in [4.78, 5) is 11.2. The van der Waals surface area contributed by atoms with Gasteiger partial charge in [-0.3, -0.25) is 10.2 Å². The first-order chi connectivity index (χ1) is 9.21. The molecule has 0 aromatic carbocycles. The number of hydrazine groups is 1. The van der Waals surface area contributed by atoms with Crippen LogP contribution in [0.3, 0.4) is 0 Å². The van der Waals surface area contributed by atoms with Crippen LogP contribution in [0.1, 0.15) is 55.8 Å². The van der Waals surface area contributed by atoms with Crippen molar-refractivity contribution >= 4 is 5.91 Å². The Morgan fingerprint density at radius 3 is 3.00 bits per heavy atom. The van der Waals surface area contributed by atoms with Gasteiger partial charge in [0.05, 0.1) is 0 Å². The Bertz CT molecular complexity index is 379. The van der Waals surface area contributed by atoms with Crippen LogP contribution in [0.15, 0.2) is 10.6 Å². The van der Waals surface area contributed by atoms with Gasteiger partial charge in [0.2, 0.25) is 0 Å². The van der Waals surface area contributed by atoms with Gasteiger partial charge in [0.1, 0.15) is 6.61 Å². The lowest BCUT2D eigenvalue weighted by Crippen LogP contribution is -2.30. The quantitative estimate of drug-likeness (QED) is 0.406. The van der Waals surface area contributed by atoms with Crippen LogP contribution in [0.4, 0.5) is 0 Å². The molecule has 0 aliphatic heterocycles. The standard InChI is InChI=1S/C13H23N3O3/c1-3-5-6-10(4-2)8-18-9-11-7-12(16-19-11)13(17)15-14/h7,10H,3-6,8-9,14H2,1-2H3,(H,15,17). The molecule has 3 N–H and O–H groups in total. The Balaban J connectivity index is 2.32. The SMILES string of the molecule is CCCCC(CC)COCc1cc(C(=O)NN)no1. The largest absolute Gasteiger partial charge is 0.373 e. The van der Waals surface area contributed by atoms with Crippen molar-refractivity contribution in [1.82, 2.24) is 10.6 Å². The number of aromatic nitrogens is 1. The summed E-state index contributed by atoms with van der Waals surface area (Å²) in [6, 6.07) is 1.54. The zero-order valence-corrected chi connectivity index (χ0v) is 11.6. The van der Waals surface area contributed by atoms with Crippen LogP contribution in [0.2, 0.25) is 0 Å². The Hall–Kier alpha value is -1.40. The average Bonchev–Trinajstić information content (AvgIpc) is 2.90. The maximum absolute atomic E-state index is 11.2. The van der Waals surface area contributed by atoms with E-state index >= 15 is 0 Å². The molecular weight excluding hydrogens is 246 g/mol. The molecule has 1 atom stereocenters. The van der Waals surface area contributed by atoms with Crippen molar-refractivity contribution in [2.75, 3.05) is 6.61 Å². The minimum absolute atomic E-state index is 0.166. The molecule has 0 fully saturated rings. The first kappa shape index (κ1) is 15.7. The Kier molecular flexibility index (Phi) is 7.14. The number of carbonyl (C=O) groups is 1. The summed E-state index contributed by atoms with van der Waals surface area (Å²) in [6.45, 7) is 5.39. The molecule has 1 rings (SSSR count). The summed E-state index contributed by atoms with van der Waals surface area (Å²) in [7, 11) is 0. The van der Waals surface area contributed by atoms with Crippen molar-refractivity contribution in [1.29, 1.82) is 0 Å². The van der Waals surface area contributed by atoms with E-state index in [-0.39, 0.29) is 5.69 Å². The number of nitrogens with zero attached hydrogens (tertiary/aromatic N) is 1. The van der Waals surface area contributed by atoms with Gasteiger partial charge in [0.25, 0.3) is 5.91 Å². The normalized spacial score (nSPS) is 12.4. The highest BCUT2D eigenvalue weighted by Gasteiger charge is 2.12. The van der Waals surface area contributed by atoms with Gasteiger partial charge >= 0.3 is 0 Å². The van der Waals surface area contributed by atoms with E-state index in [1.807, 2.05) is 5.43 Å². The second-order valence-electron chi connectivity index (χ2n) is 4.58. The van der Waals surface area contributed by atoms with E-state index in [0.717, 1.165) is 6.42 Å². The highest BCUT2D eigenvalue weighted by Crippen LogP contribution is 2.14. The number of hydrogen-bond acceptors (Lipinski definition) is 5. The van der Waals surface area contributed by atoms with Gasteiger partial charge in [-0.2, -0.15) is 0 Å². The van der Waals surface area contributed by atoms with E-state index in [2.05, 4.69) is 19.0 Å². The van der Waals surface area contributed by atoms with Crippen molar-refractivity contribution in [3.63, 3.8) is 0 Å². The molecular formula is C13H23N3O3. The van der Waals surface area contributed by atoms with Crippen LogP contribution in [-0.4, -0.2) is 17.7 Å². The van der Waals surface area contributed by atoms with Crippen LogP contribution in [0.25, 0.3) is 0 Å². The molecule has 1 amide bonds. The highest BCUT2D eigenvalue weighted by atomic mass is 16.5. The molecule has 0 saturated heterocycles. The third kappa shape index (κ3) is 5.40. The number of unbranched alkanes of at least 4 members (excludes halogenated alkanes) is 1. The number of hydrogen-bond donors (Lipinski definition) is 2. The maximum Gasteiger partial charge on any atom is 0.287 e. The molecule has 1 aromatic heterocycles. The molecule has 1 unspecified atom stereocenters. The maximum atomic E-state index is 11.2. The van der Waals surface area contributed by atoms with Crippen LogP contribution < -0.4 is 11.3 Å². The molecule has 6 heteroatoms. The molecule has 19 heavy (non-hydrogen) atoms. The zero-order chi connectivity index (χ0) is 14.1. The van der Waals surface area contributed by atoms with Gasteiger partial charge in [0.15, 0.2) is 11.5 Å². The monoisotopic (exact) mass is 269 g/mol. The summed E-state index contributed by atoms with van der Waals surface area (Å²) < 4.78 is 10.6. The van der Waals surface area contributed by atoms with E-state index in [9.17, 15) is 4.79 Å². The van der Waals surface area contributed by atoms with Gasteiger partial charge in [-0.25, -0.2) is 5.84 Å². The number of ether oxygens (including phenoxy) is 1. The molecule has 1 heterocycles. The third-order valence-electron chi connectivity index (χ3n) is 3.06. The first-order valence-corrected chi connectivity index (χ1v) is 6.75. The van der Waals surface area contributed by atoms with Crippen molar-refractivity contribution in [2.45, 2.75) is 46.1 Å². The molecule has 0 spiro atoms. The smallest absolute Gasteiger partial charge is 0.287 e. The lowest BCUT2D eigenvalue weighted by molar-refractivity contribution is 0.0674. The number of amides is 1. The van der Waals surface area contributed by atoms with Crippen LogP contribution in [0, 0.1) is 5.92 Å². The minimum Gasteiger partial charge on any atom is -0.373 e. The Labute approximate surface area is 113 Å². The lowest BCUT2D eigenvalue weighted by atomic mass is 10.0. The molecule has 0 aliphatic rings. The molecule has 6 nitrogen and oxygen atoms in total. The predicted molar refractivity (Wildman–Crippen MR) is 71.1 cm³/mol. The van der Waals surface area contributed by atoms with E-state index < -0.39 is 5.91 Å². The van der Waals surface area contributed by atoms with Crippen LogP contribution in [-0.2, 0) is 11.3 Å². The number of rotatable bonds is 9. The Morgan fingerprint density at radius 2 is 2.37 bits per heavy atom. The highest BCUT2D eigenvalue weighted by molar-refractivity contribution is 5.91. The van der Waals surface area contributed by atoms with Gasteiger partial charge in [-0.1, -0.05) is 38.3 Å². The third-order valence-corrected chi connectivity index (χ3v) is 3.06. The topological polar surface area (TPSA) is 90.4 Å². The predicted octanol–water partition coefficient (Wildman–Crippen LogP) is 2.01. The Morgan fingerprint density at radius 1 is 1.58 bits per heavy atom. The number of carbonyl (C=O) groups excluding carboxylic acids is 1. The van der Waals surface area contributed by atoms with Gasteiger partial charge in [-0.05, 0) is 12.3 Å². The van der Waals surface area contributed by atoms with Crippen molar-refractivity contribution in [3.05, 3.63) is 17.5 Å². The summed E-state index contributed by atoms with van der Waals surface area (Å²) >= 11 is 0. The van der Waals surface area contributed by atoms with Crippen LogP contribution in [0.5, 0.6) is 0 Å². The fourth-order valence-electron chi connectivity index (χ4n) is 1.79. The molecule has 0 bridgehead atoms. The van der Waals surface area contributed by atoms with E-state index in [0.29, 0.717) is 24.9 Å². The van der Waals surface area contributed by atoms with Gasteiger partial charge < -0.3 is 9.26 Å². The summed E-state index contributed by atoms with van der Waals surface area (Å²) in [5.41, 5.74) is 2.16. The van der Waals surface area contributed by atoms with Crippen LogP contribution >= 0.6 is 0 Å².